The highest BCUT2D eigenvalue weighted by atomic mass is 32.2. The number of aryl methyl sites for hydroxylation is 1. The van der Waals surface area contributed by atoms with Gasteiger partial charge in [0.15, 0.2) is 6.23 Å². The predicted molar refractivity (Wildman–Crippen MR) is 80.8 cm³/mol. The maximum Gasteiger partial charge on any atom is 0.412 e. The monoisotopic (exact) mass is 327 g/mol. The van der Waals surface area contributed by atoms with Gasteiger partial charge in [0.2, 0.25) is 0 Å². The van der Waals surface area contributed by atoms with Crippen LogP contribution in [-0.4, -0.2) is 37.8 Å². The molecular weight excluding hydrogens is 306 g/mol. The molecule has 2 rings (SSSR count). The van der Waals surface area contributed by atoms with Crippen molar-refractivity contribution in [3.63, 3.8) is 0 Å². The van der Waals surface area contributed by atoms with Crippen LogP contribution in [0.2, 0.25) is 0 Å². The van der Waals surface area contributed by atoms with Crippen LogP contribution in [0.5, 0.6) is 0 Å². The molecule has 0 aromatic heterocycles. The summed E-state index contributed by atoms with van der Waals surface area (Å²) in [6, 6.07) is 6.37. The standard InChI is InChI=1S/C15H21NO5S/c1-11-5-7-12(8-6-11)22(18,19)21-13-9-10-16(13)14(17)20-15(2,3)4/h5-8,13H,9-10H2,1-4H3/t13-/m1/s1. The topological polar surface area (TPSA) is 72.9 Å². The Balaban J connectivity index is 2.04. The van der Waals surface area contributed by atoms with E-state index >= 15 is 0 Å². The molecule has 1 saturated heterocycles. The number of hydrogen-bond acceptors (Lipinski definition) is 5. The zero-order valence-corrected chi connectivity index (χ0v) is 14.0. The lowest BCUT2D eigenvalue weighted by Crippen LogP contribution is -2.54. The fourth-order valence-corrected chi connectivity index (χ4v) is 2.97. The molecule has 0 radical (unpaired) electrons. The van der Waals surface area contributed by atoms with Gasteiger partial charge in [-0.1, -0.05) is 17.7 Å². The Labute approximate surface area is 131 Å². The molecule has 1 fully saturated rings. The van der Waals surface area contributed by atoms with Crippen LogP contribution in [0.1, 0.15) is 32.8 Å². The van der Waals surface area contributed by atoms with Crippen molar-refractivity contribution in [1.82, 2.24) is 4.90 Å². The van der Waals surface area contributed by atoms with Crippen LogP contribution >= 0.6 is 0 Å². The Hall–Kier alpha value is -1.60. The third-order valence-corrected chi connectivity index (χ3v) is 4.47. The van der Waals surface area contributed by atoms with Crippen molar-refractivity contribution in [1.29, 1.82) is 0 Å². The van der Waals surface area contributed by atoms with Gasteiger partial charge in [0.25, 0.3) is 10.1 Å². The Kier molecular flexibility index (Phi) is 4.49. The number of ether oxygens (including phenoxy) is 1. The highest BCUT2D eigenvalue weighted by Crippen LogP contribution is 2.26. The molecule has 1 aliphatic heterocycles. The number of benzene rings is 1. The molecule has 6 nitrogen and oxygen atoms in total. The molecule has 1 heterocycles. The number of carbonyl (C=O) groups is 1. The zero-order chi connectivity index (χ0) is 16.5. The van der Waals surface area contributed by atoms with Gasteiger partial charge in [-0.2, -0.15) is 8.42 Å². The quantitative estimate of drug-likeness (QED) is 0.798. The molecular formula is C15H21NO5S. The third-order valence-electron chi connectivity index (χ3n) is 3.14. The van der Waals surface area contributed by atoms with Gasteiger partial charge in [0.05, 0.1) is 4.90 Å². The van der Waals surface area contributed by atoms with Gasteiger partial charge in [-0.25, -0.2) is 8.98 Å². The van der Waals surface area contributed by atoms with Crippen LogP contribution in [0.4, 0.5) is 4.79 Å². The highest BCUT2D eigenvalue weighted by molar-refractivity contribution is 7.86. The van der Waals surface area contributed by atoms with Crippen molar-refractivity contribution in [3.8, 4) is 0 Å². The van der Waals surface area contributed by atoms with Crippen molar-refractivity contribution in [2.75, 3.05) is 6.54 Å². The number of rotatable bonds is 3. The van der Waals surface area contributed by atoms with Crippen LogP contribution in [0.15, 0.2) is 29.2 Å². The van der Waals surface area contributed by atoms with Gasteiger partial charge in [-0.05, 0) is 39.8 Å². The molecule has 22 heavy (non-hydrogen) atoms. The second-order valence-corrected chi connectivity index (χ2v) is 7.85. The van der Waals surface area contributed by atoms with Crippen LogP contribution in [0, 0.1) is 6.92 Å². The molecule has 1 aliphatic rings. The molecule has 1 aromatic rings. The lowest BCUT2D eigenvalue weighted by Gasteiger charge is -2.39. The highest BCUT2D eigenvalue weighted by Gasteiger charge is 2.39. The normalized spacial score (nSPS) is 18.7. The first kappa shape index (κ1) is 16.8. The molecule has 122 valence electrons. The van der Waals surface area contributed by atoms with Crippen LogP contribution in [-0.2, 0) is 19.0 Å². The van der Waals surface area contributed by atoms with Gasteiger partial charge in [-0.3, -0.25) is 4.90 Å². The van der Waals surface area contributed by atoms with Crippen molar-refractivity contribution < 1.29 is 22.1 Å². The molecule has 0 unspecified atom stereocenters. The second-order valence-electron chi connectivity index (χ2n) is 6.28. The fraction of sp³-hybridized carbons (Fsp3) is 0.533. The summed E-state index contributed by atoms with van der Waals surface area (Å²) in [5.74, 6) is 0. The van der Waals surface area contributed by atoms with Crippen LogP contribution in [0.3, 0.4) is 0 Å². The summed E-state index contributed by atoms with van der Waals surface area (Å²) >= 11 is 0. The zero-order valence-electron chi connectivity index (χ0n) is 13.2. The third kappa shape index (κ3) is 3.98. The van der Waals surface area contributed by atoms with E-state index in [0.29, 0.717) is 13.0 Å². The summed E-state index contributed by atoms with van der Waals surface area (Å²) in [4.78, 5) is 13.3. The van der Waals surface area contributed by atoms with Crippen molar-refractivity contribution in [2.24, 2.45) is 0 Å². The Morgan fingerprint density at radius 3 is 2.27 bits per heavy atom. The summed E-state index contributed by atoms with van der Waals surface area (Å²) in [7, 11) is -3.90. The molecule has 0 bridgehead atoms. The number of amides is 1. The van der Waals surface area contributed by atoms with E-state index < -0.39 is 28.0 Å². The minimum atomic E-state index is -3.90. The van der Waals surface area contributed by atoms with E-state index in [1.165, 1.54) is 17.0 Å². The van der Waals surface area contributed by atoms with E-state index in [-0.39, 0.29) is 4.90 Å². The smallest absolute Gasteiger partial charge is 0.412 e. The Morgan fingerprint density at radius 2 is 1.82 bits per heavy atom. The molecule has 1 amide bonds. The maximum atomic E-state index is 12.2. The van der Waals surface area contributed by atoms with Crippen molar-refractivity contribution >= 4 is 16.2 Å². The lowest BCUT2D eigenvalue weighted by molar-refractivity contribution is -0.0632. The van der Waals surface area contributed by atoms with E-state index in [0.717, 1.165) is 5.56 Å². The number of carbonyl (C=O) groups excluding carboxylic acids is 1. The number of nitrogens with zero attached hydrogens (tertiary/aromatic N) is 1. The predicted octanol–water partition coefficient (Wildman–Crippen LogP) is 2.67. The Bertz CT molecular complexity index is 646. The van der Waals surface area contributed by atoms with Crippen LogP contribution < -0.4 is 0 Å². The van der Waals surface area contributed by atoms with Crippen LogP contribution in [0.25, 0.3) is 0 Å². The molecule has 1 atom stereocenters. The summed E-state index contributed by atoms with van der Waals surface area (Å²) in [6.45, 7) is 7.55. The summed E-state index contributed by atoms with van der Waals surface area (Å²) in [5, 5.41) is 0. The summed E-state index contributed by atoms with van der Waals surface area (Å²) in [6.07, 6.45) is -0.909. The van der Waals surface area contributed by atoms with E-state index in [1.54, 1.807) is 32.9 Å². The average Bonchev–Trinajstić information content (AvgIpc) is 2.33. The Morgan fingerprint density at radius 1 is 1.23 bits per heavy atom. The van der Waals surface area contributed by atoms with E-state index in [9.17, 15) is 13.2 Å². The molecule has 0 N–H and O–H groups in total. The summed E-state index contributed by atoms with van der Waals surface area (Å²) in [5.41, 5.74) is 0.325. The van der Waals surface area contributed by atoms with Gasteiger partial charge in [0.1, 0.15) is 5.60 Å². The number of hydrogen-bond donors (Lipinski definition) is 0. The van der Waals surface area contributed by atoms with Gasteiger partial charge in [-0.15, -0.1) is 0 Å². The largest absolute Gasteiger partial charge is 0.444 e. The fourth-order valence-electron chi connectivity index (χ4n) is 1.90. The molecule has 1 aromatic carbocycles. The SMILES string of the molecule is Cc1ccc(S(=O)(=O)O[C@@H]2CCN2C(=O)OC(C)(C)C)cc1. The molecule has 0 spiro atoms. The van der Waals surface area contributed by atoms with Crippen molar-refractivity contribution in [2.45, 2.75) is 50.8 Å². The molecule has 0 aliphatic carbocycles. The average molecular weight is 327 g/mol. The number of likely N-dealkylation sites (tertiary alicyclic amines) is 1. The van der Waals surface area contributed by atoms with Gasteiger partial charge in [0, 0.05) is 13.0 Å². The first-order valence-electron chi connectivity index (χ1n) is 7.08. The molecule has 7 heteroatoms. The van der Waals surface area contributed by atoms with Crippen molar-refractivity contribution in [3.05, 3.63) is 29.8 Å². The van der Waals surface area contributed by atoms with Gasteiger partial charge >= 0.3 is 6.09 Å². The van der Waals surface area contributed by atoms with Gasteiger partial charge < -0.3 is 4.74 Å². The second kappa shape index (κ2) is 5.89. The van der Waals surface area contributed by atoms with E-state index in [1.807, 2.05) is 6.92 Å². The first-order valence-corrected chi connectivity index (χ1v) is 8.49. The molecule has 0 saturated carbocycles. The minimum Gasteiger partial charge on any atom is -0.444 e. The van der Waals surface area contributed by atoms with E-state index in [4.69, 9.17) is 8.92 Å². The minimum absolute atomic E-state index is 0.0779. The first-order chi connectivity index (χ1) is 10.1. The maximum absolute atomic E-state index is 12.2. The van der Waals surface area contributed by atoms with E-state index in [2.05, 4.69) is 0 Å². The summed E-state index contributed by atoms with van der Waals surface area (Å²) < 4.78 is 34.8. The lowest BCUT2D eigenvalue weighted by atomic mass is 10.2.